The molecule has 0 atom stereocenters. The van der Waals surface area contributed by atoms with Crippen LogP contribution in [0.3, 0.4) is 0 Å². The summed E-state index contributed by atoms with van der Waals surface area (Å²) < 4.78 is 197. The number of carbonyl (C=O) groups excluding carboxylic acids is 2. The second-order valence-corrected chi connectivity index (χ2v) is 11.7. The van der Waals surface area contributed by atoms with Crippen molar-refractivity contribution >= 4 is 41.9 Å². The summed E-state index contributed by atoms with van der Waals surface area (Å²) in [4.78, 5) is 26.1. The molecule has 3 rings (SSSR count). The maximum atomic E-state index is 13.1. The van der Waals surface area contributed by atoms with Crippen LogP contribution in [0.25, 0.3) is 0 Å². The van der Waals surface area contributed by atoms with Crippen LogP contribution in [0.2, 0.25) is 0 Å². The highest BCUT2D eigenvalue weighted by molar-refractivity contribution is 7.88. The molecule has 2 aromatic carbocycles. The molecule has 0 spiro atoms. The molecular formula is C17H5F9O11S3. The molecule has 0 saturated carbocycles. The van der Waals surface area contributed by atoms with E-state index in [1.54, 1.807) is 0 Å². The van der Waals surface area contributed by atoms with Gasteiger partial charge in [-0.1, -0.05) is 24.3 Å². The van der Waals surface area contributed by atoms with E-state index in [9.17, 15) is 74.4 Å². The highest BCUT2D eigenvalue weighted by Crippen LogP contribution is 2.48. The number of hydrogen-bond donors (Lipinski definition) is 0. The number of fused-ring (bicyclic) bond motifs is 2. The molecule has 2 aromatic rings. The Labute approximate surface area is 215 Å². The quantitative estimate of drug-likeness (QED) is 0.218. The minimum atomic E-state index is -7.05. The topological polar surface area (TPSA) is 164 Å². The first-order chi connectivity index (χ1) is 17.8. The van der Waals surface area contributed by atoms with Gasteiger partial charge in [-0.05, 0) is 0 Å². The lowest BCUT2D eigenvalue weighted by molar-refractivity contribution is -0.0513. The molecule has 0 aromatic heterocycles. The first-order valence-electron chi connectivity index (χ1n) is 9.24. The monoisotopic (exact) mass is 652 g/mol. The van der Waals surface area contributed by atoms with Crippen molar-refractivity contribution in [2.75, 3.05) is 0 Å². The van der Waals surface area contributed by atoms with Gasteiger partial charge in [-0.15, -0.1) is 0 Å². The predicted octanol–water partition coefficient (Wildman–Crippen LogP) is 3.15. The fourth-order valence-electron chi connectivity index (χ4n) is 2.91. The normalized spacial score (nSPS) is 14.8. The molecule has 0 amide bonds. The molecule has 0 radical (unpaired) electrons. The van der Waals surface area contributed by atoms with Crippen molar-refractivity contribution in [1.82, 2.24) is 0 Å². The second-order valence-electron chi connectivity index (χ2n) is 7.11. The fourth-order valence-corrected chi connectivity index (χ4v) is 4.30. The van der Waals surface area contributed by atoms with Crippen LogP contribution in [0.4, 0.5) is 39.5 Å². The standard InChI is InChI=1S/C17H5F9O11S3/c18-15(19,20)38(29,30)35-8-5-9(36-39(31,32)16(21,22)23)14(37-40(33,34)17(24,25)26)11-10(8)12(27)6-3-1-2-4-7(6)13(11)28/h1-5H. The Hall–Kier alpha value is -3.60. The van der Waals surface area contributed by atoms with Crippen LogP contribution < -0.4 is 12.5 Å². The summed E-state index contributed by atoms with van der Waals surface area (Å²) in [6.07, 6.45) is 0. The van der Waals surface area contributed by atoms with E-state index < -0.39 is 104 Å². The van der Waals surface area contributed by atoms with E-state index in [4.69, 9.17) is 0 Å². The van der Waals surface area contributed by atoms with Gasteiger partial charge in [0.2, 0.25) is 0 Å². The van der Waals surface area contributed by atoms with Crippen LogP contribution in [0.5, 0.6) is 17.2 Å². The molecule has 1 aliphatic rings. The lowest BCUT2D eigenvalue weighted by Crippen LogP contribution is -2.33. The van der Waals surface area contributed by atoms with Crippen molar-refractivity contribution in [3.8, 4) is 17.2 Å². The highest BCUT2D eigenvalue weighted by Gasteiger charge is 2.54. The van der Waals surface area contributed by atoms with Gasteiger partial charge in [0.25, 0.3) is 0 Å². The van der Waals surface area contributed by atoms with Gasteiger partial charge in [0.05, 0.1) is 11.1 Å². The number of benzene rings is 2. The van der Waals surface area contributed by atoms with Crippen LogP contribution in [0.1, 0.15) is 31.8 Å². The minimum Gasteiger partial charge on any atom is -0.375 e. The number of ketones is 2. The van der Waals surface area contributed by atoms with E-state index in [0.29, 0.717) is 0 Å². The Balaban J connectivity index is 2.53. The summed E-state index contributed by atoms with van der Waals surface area (Å²) in [7, 11) is -21.0. The molecule has 1 aliphatic carbocycles. The van der Waals surface area contributed by atoms with Gasteiger partial charge in [-0.3, -0.25) is 9.59 Å². The van der Waals surface area contributed by atoms with Crippen LogP contribution >= 0.6 is 0 Å². The third-order valence-corrected chi connectivity index (χ3v) is 7.41. The predicted molar refractivity (Wildman–Crippen MR) is 107 cm³/mol. The molecule has 0 unspecified atom stereocenters. The lowest BCUT2D eigenvalue weighted by atomic mass is 9.83. The van der Waals surface area contributed by atoms with Crippen molar-refractivity contribution in [3.05, 3.63) is 52.6 Å². The maximum absolute atomic E-state index is 13.1. The summed E-state index contributed by atoms with van der Waals surface area (Å²) in [6.45, 7) is 0. The smallest absolute Gasteiger partial charge is 0.375 e. The van der Waals surface area contributed by atoms with Gasteiger partial charge in [0.15, 0.2) is 28.8 Å². The van der Waals surface area contributed by atoms with Crippen molar-refractivity contribution in [2.45, 2.75) is 16.5 Å². The summed E-state index contributed by atoms with van der Waals surface area (Å²) in [5.74, 6) is -10.5. The van der Waals surface area contributed by atoms with E-state index >= 15 is 0 Å². The molecule has 220 valence electrons. The molecule has 40 heavy (non-hydrogen) atoms. The largest absolute Gasteiger partial charge is 0.534 e. The zero-order valence-electron chi connectivity index (χ0n) is 18.0. The van der Waals surface area contributed by atoms with Crippen molar-refractivity contribution in [2.24, 2.45) is 0 Å². The van der Waals surface area contributed by atoms with E-state index in [0.717, 1.165) is 24.3 Å². The Bertz CT molecular complexity index is 1750. The van der Waals surface area contributed by atoms with Gasteiger partial charge >= 0.3 is 46.9 Å². The molecule has 11 nitrogen and oxygen atoms in total. The first-order valence-corrected chi connectivity index (χ1v) is 13.5. The number of rotatable bonds is 6. The molecule has 0 bridgehead atoms. The average molecular weight is 652 g/mol. The van der Waals surface area contributed by atoms with E-state index in [1.165, 1.54) is 0 Å². The van der Waals surface area contributed by atoms with Crippen molar-refractivity contribution < 1.29 is 86.9 Å². The Morgan fingerprint density at radius 2 is 0.875 bits per heavy atom. The maximum Gasteiger partial charge on any atom is 0.534 e. The molecule has 0 saturated heterocycles. The molecule has 0 N–H and O–H groups in total. The average Bonchev–Trinajstić information content (AvgIpc) is 2.76. The van der Waals surface area contributed by atoms with E-state index in [2.05, 4.69) is 12.5 Å². The summed E-state index contributed by atoms with van der Waals surface area (Å²) in [5.41, 5.74) is -24.6. The summed E-state index contributed by atoms with van der Waals surface area (Å²) in [5, 5.41) is 0. The lowest BCUT2D eigenvalue weighted by Gasteiger charge is -2.24. The zero-order chi connectivity index (χ0) is 30.9. The number of halogens is 9. The van der Waals surface area contributed by atoms with E-state index in [1.807, 2.05) is 0 Å². The first kappa shape index (κ1) is 30.9. The molecule has 0 fully saturated rings. The van der Waals surface area contributed by atoms with Crippen LogP contribution in [-0.4, -0.2) is 53.3 Å². The highest BCUT2D eigenvalue weighted by atomic mass is 32.2. The third-order valence-electron chi connectivity index (χ3n) is 4.52. The summed E-state index contributed by atoms with van der Waals surface area (Å²) in [6, 6.07) is 2.90. The molecule has 0 aliphatic heterocycles. The van der Waals surface area contributed by atoms with E-state index in [-0.39, 0.29) is 0 Å². The Kier molecular flexibility index (Phi) is 7.13. The SMILES string of the molecule is O=C1c2ccccc2C(=O)c2c(OS(=O)(=O)C(F)(F)F)c(OS(=O)(=O)C(F)(F)F)cc(OS(=O)(=O)C(F)(F)F)c21. The van der Waals surface area contributed by atoms with Gasteiger partial charge in [0, 0.05) is 17.2 Å². The molecule has 0 heterocycles. The zero-order valence-corrected chi connectivity index (χ0v) is 20.5. The summed E-state index contributed by atoms with van der Waals surface area (Å²) >= 11 is 0. The molecular weight excluding hydrogens is 647 g/mol. The fraction of sp³-hybridized carbons (Fsp3) is 0.176. The van der Waals surface area contributed by atoms with Gasteiger partial charge in [0.1, 0.15) is 0 Å². The number of alkyl halides is 9. The Morgan fingerprint density at radius 1 is 0.525 bits per heavy atom. The Morgan fingerprint density at radius 3 is 1.27 bits per heavy atom. The molecule has 23 heteroatoms. The minimum absolute atomic E-state index is 0.633. The van der Waals surface area contributed by atoms with Crippen molar-refractivity contribution in [1.29, 1.82) is 0 Å². The third kappa shape index (κ3) is 5.26. The number of carbonyl (C=O) groups is 2. The van der Waals surface area contributed by atoms with Crippen LogP contribution in [-0.2, 0) is 30.4 Å². The van der Waals surface area contributed by atoms with Crippen LogP contribution in [0.15, 0.2) is 30.3 Å². The van der Waals surface area contributed by atoms with Crippen LogP contribution in [0, 0.1) is 0 Å². The second kappa shape index (κ2) is 9.22. The number of hydrogen-bond acceptors (Lipinski definition) is 11. The van der Waals surface area contributed by atoms with Crippen molar-refractivity contribution in [3.63, 3.8) is 0 Å². The van der Waals surface area contributed by atoms with Gasteiger partial charge < -0.3 is 12.5 Å². The van der Waals surface area contributed by atoms with Gasteiger partial charge in [-0.25, -0.2) is 0 Å². The van der Waals surface area contributed by atoms with Gasteiger partial charge in [-0.2, -0.15) is 64.8 Å².